The summed E-state index contributed by atoms with van der Waals surface area (Å²) in [4.78, 5) is 23.9. The van der Waals surface area contributed by atoms with Crippen LogP contribution in [0.2, 0.25) is 0 Å². The number of hydrogen-bond donors (Lipinski definition) is 4. The van der Waals surface area contributed by atoms with E-state index in [1.54, 1.807) is 42.5 Å². The van der Waals surface area contributed by atoms with Gasteiger partial charge in [0.25, 0.3) is 5.91 Å². The summed E-state index contributed by atoms with van der Waals surface area (Å²) in [6.45, 7) is 0. The third-order valence-electron chi connectivity index (χ3n) is 2.95. The van der Waals surface area contributed by atoms with Crippen molar-refractivity contribution in [3.63, 3.8) is 0 Å². The van der Waals surface area contributed by atoms with Crippen molar-refractivity contribution in [3.05, 3.63) is 59.7 Å². The fourth-order valence-electron chi connectivity index (χ4n) is 1.92. The highest BCUT2D eigenvalue weighted by molar-refractivity contribution is 6.02. The van der Waals surface area contributed by atoms with E-state index in [1.165, 1.54) is 13.1 Å². The van der Waals surface area contributed by atoms with Gasteiger partial charge in [-0.25, -0.2) is 4.79 Å². The van der Waals surface area contributed by atoms with Crippen molar-refractivity contribution in [2.24, 2.45) is 5.73 Å². The number of nitrogens with one attached hydrogen (secondary N) is 3. The first kappa shape index (κ1) is 16.0. The topological polar surface area (TPSA) is 117 Å². The van der Waals surface area contributed by atoms with Crippen LogP contribution >= 0.6 is 0 Å². The molecule has 0 fully saturated rings. The van der Waals surface area contributed by atoms with Crippen molar-refractivity contribution in [1.82, 2.24) is 5.32 Å². The van der Waals surface area contributed by atoms with Gasteiger partial charge in [0.05, 0.1) is 11.3 Å². The van der Waals surface area contributed by atoms with Crippen LogP contribution in [0.1, 0.15) is 20.7 Å². The van der Waals surface area contributed by atoms with Gasteiger partial charge in [-0.1, -0.05) is 18.2 Å². The number of nitrogens with two attached hydrogens (primary N) is 1. The first-order valence-electron chi connectivity index (χ1n) is 6.75. The quantitative estimate of drug-likeness (QED) is 0.296. The summed E-state index contributed by atoms with van der Waals surface area (Å²) >= 11 is 0. The van der Waals surface area contributed by atoms with Crippen molar-refractivity contribution in [2.45, 2.75) is 0 Å². The molecule has 0 heterocycles. The number of carbonyl (C=O) groups excluding carboxylic acids is 2. The van der Waals surface area contributed by atoms with Crippen LogP contribution in [0.5, 0.6) is 5.75 Å². The average molecular weight is 312 g/mol. The number of para-hydroxylation sites is 1. The van der Waals surface area contributed by atoms with E-state index in [9.17, 15) is 9.59 Å². The molecular weight excluding hydrogens is 296 g/mol. The molecule has 0 aliphatic rings. The molecule has 0 aliphatic carbocycles. The van der Waals surface area contributed by atoms with Gasteiger partial charge in [-0.2, -0.15) is 0 Å². The van der Waals surface area contributed by atoms with E-state index < -0.39 is 5.97 Å². The highest BCUT2D eigenvalue weighted by Gasteiger charge is 2.14. The SMILES string of the molecule is CNC(=O)c1cccc(OC(=O)c2ccccc2NC(=N)N)c1. The van der Waals surface area contributed by atoms with Crippen LogP contribution in [0, 0.1) is 5.41 Å². The number of amides is 1. The van der Waals surface area contributed by atoms with Crippen molar-refractivity contribution in [1.29, 1.82) is 5.41 Å². The highest BCUT2D eigenvalue weighted by atomic mass is 16.5. The summed E-state index contributed by atoms with van der Waals surface area (Å²) in [6, 6.07) is 12.8. The Morgan fingerprint density at radius 1 is 1.13 bits per heavy atom. The van der Waals surface area contributed by atoms with Crippen LogP contribution < -0.4 is 21.1 Å². The van der Waals surface area contributed by atoms with E-state index in [-0.39, 0.29) is 23.2 Å². The fraction of sp³-hybridized carbons (Fsp3) is 0.0625. The average Bonchev–Trinajstić information content (AvgIpc) is 2.54. The molecule has 2 rings (SSSR count). The van der Waals surface area contributed by atoms with Gasteiger partial charge in [-0.3, -0.25) is 10.2 Å². The van der Waals surface area contributed by atoms with Gasteiger partial charge in [0.1, 0.15) is 5.75 Å². The Kier molecular flexibility index (Phi) is 4.93. The maximum absolute atomic E-state index is 12.3. The lowest BCUT2D eigenvalue weighted by Gasteiger charge is -2.10. The Morgan fingerprint density at radius 2 is 1.87 bits per heavy atom. The van der Waals surface area contributed by atoms with E-state index in [1.807, 2.05) is 0 Å². The van der Waals surface area contributed by atoms with Crippen LogP contribution in [0.15, 0.2) is 48.5 Å². The number of ether oxygens (including phenoxy) is 1. The largest absolute Gasteiger partial charge is 0.423 e. The molecule has 0 radical (unpaired) electrons. The number of esters is 1. The molecule has 2 aromatic rings. The normalized spacial score (nSPS) is 9.78. The molecule has 0 bridgehead atoms. The first-order valence-corrected chi connectivity index (χ1v) is 6.75. The summed E-state index contributed by atoms with van der Waals surface area (Å²) in [5.41, 5.74) is 6.27. The van der Waals surface area contributed by atoms with Gasteiger partial charge in [0.15, 0.2) is 5.96 Å². The second-order valence-corrected chi connectivity index (χ2v) is 4.58. The number of carbonyl (C=O) groups is 2. The summed E-state index contributed by atoms with van der Waals surface area (Å²) in [6.07, 6.45) is 0. The molecule has 118 valence electrons. The Balaban J connectivity index is 2.23. The van der Waals surface area contributed by atoms with Crippen LogP contribution in [0.3, 0.4) is 0 Å². The van der Waals surface area contributed by atoms with E-state index >= 15 is 0 Å². The molecule has 0 saturated heterocycles. The van der Waals surface area contributed by atoms with Crippen molar-refractivity contribution in [3.8, 4) is 5.75 Å². The van der Waals surface area contributed by atoms with Crippen molar-refractivity contribution < 1.29 is 14.3 Å². The first-order chi connectivity index (χ1) is 11.0. The van der Waals surface area contributed by atoms with E-state index in [2.05, 4.69) is 10.6 Å². The van der Waals surface area contributed by atoms with Crippen molar-refractivity contribution in [2.75, 3.05) is 12.4 Å². The fourth-order valence-corrected chi connectivity index (χ4v) is 1.92. The third kappa shape index (κ3) is 4.07. The number of benzene rings is 2. The molecule has 1 amide bonds. The minimum atomic E-state index is -0.622. The van der Waals surface area contributed by atoms with Crippen LogP contribution in [0.25, 0.3) is 0 Å². The van der Waals surface area contributed by atoms with E-state index in [0.717, 1.165) is 0 Å². The van der Waals surface area contributed by atoms with Crippen LogP contribution in [0.4, 0.5) is 5.69 Å². The summed E-state index contributed by atoms with van der Waals surface area (Å²) < 4.78 is 5.29. The minimum absolute atomic E-state index is 0.230. The zero-order chi connectivity index (χ0) is 16.8. The molecule has 0 atom stereocenters. The van der Waals surface area contributed by atoms with Gasteiger partial charge in [0.2, 0.25) is 0 Å². The number of rotatable bonds is 4. The monoisotopic (exact) mass is 312 g/mol. The van der Waals surface area contributed by atoms with Gasteiger partial charge in [-0.05, 0) is 30.3 Å². The van der Waals surface area contributed by atoms with Crippen molar-refractivity contribution >= 4 is 23.5 Å². The standard InChI is InChI=1S/C16H16N4O3/c1-19-14(21)10-5-4-6-11(9-10)23-15(22)12-7-2-3-8-13(12)20-16(17)18/h2-9H,1H3,(H,19,21)(H4,17,18,20). The zero-order valence-corrected chi connectivity index (χ0v) is 12.4. The number of hydrogen-bond acceptors (Lipinski definition) is 4. The summed E-state index contributed by atoms with van der Waals surface area (Å²) in [5.74, 6) is -0.939. The van der Waals surface area contributed by atoms with Gasteiger partial charge in [-0.15, -0.1) is 0 Å². The number of anilines is 1. The molecule has 5 N–H and O–H groups in total. The maximum atomic E-state index is 12.3. The Bertz CT molecular complexity index is 758. The lowest BCUT2D eigenvalue weighted by molar-refractivity contribution is 0.0734. The molecule has 7 heteroatoms. The molecule has 2 aromatic carbocycles. The van der Waals surface area contributed by atoms with Crippen LogP contribution in [-0.2, 0) is 0 Å². The molecule has 0 aromatic heterocycles. The van der Waals surface area contributed by atoms with Gasteiger partial charge in [0, 0.05) is 12.6 Å². The second kappa shape index (κ2) is 7.08. The summed E-state index contributed by atoms with van der Waals surface area (Å²) in [5, 5.41) is 12.3. The Morgan fingerprint density at radius 3 is 2.57 bits per heavy atom. The Labute approximate surface area is 133 Å². The Hall–Kier alpha value is -3.35. The van der Waals surface area contributed by atoms with Gasteiger partial charge >= 0.3 is 5.97 Å². The predicted molar refractivity (Wildman–Crippen MR) is 86.8 cm³/mol. The van der Waals surface area contributed by atoms with E-state index in [4.69, 9.17) is 15.9 Å². The maximum Gasteiger partial charge on any atom is 0.345 e. The lowest BCUT2D eigenvalue weighted by Crippen LogP contribution is -2.22. The predicted octanol–water partition coefficient (Wildman–Crippen LogP) is 1.57. The molecular formula is C16H16N4O3. The molecule has 0 saturated carbocycles. The lowest BCUT2D eigenvalue weighted by atomic mass is 10.1. The van der Waals surface area contributed by atoms with E-state index in [0.29, 0.717) is 11.3 Å². The molecule has 0 unspecified atom stereocenters. The van der Waals surface area contributed by atoms with Gasteiger partial charge < -0.3 is 21.1 Å². The molecule has 0 aliphatic heterocycles. The zero-order valence-electron chi connectivity index (χ0n) is 12.4. The number of guanidine groups is 1. The summed E-state index contributed by atoms with van der Waals surface area (Å²) in [7, 11) is 1.52. The molecule has 0 spiro atoms. The minimum Gasteiger partial charge on any atom is -0.423 e. The van der Waals surface area contributed by atoms with Crippen LogP contribution in [-0.4, -0.2) is 24.9 Å². The molecule has 23 heavy (non-hydrogen) atoms. The smallest absolute Gasteiger partial charge is 0.345 e. The third-order valence-corrected chi connectivity index (χ3v) is 2.95. The highest BCUT2D eigenvalue weighted by Crippen LogP contribution is 2.19. The second-order valence-electron chi connectivity index (χ2n) is 4.58. The molecule has 7 nitrogen and oxygen atoms in total.